The maximum absolute atomic E-state index is 10.1. The van der Waals surface area contributed by atoms with Crippen LogP contribution in [0.25, 0.3) is 6.08 Å². The Kier molecular flexibility index (Phi) is 7.83. The molecule has 1 aromatic carbocycles. The fraction of sp³-hybridized carbons (Fsp3) is 0.556. The molecule has 1 saturated heterocycles. The predicted molar refractivity (Wildman–Crippen MR) is 92.9 cm³/mol. The molecule has 8 nitrogen and oxygen atoms in total. The van der Waals surface area contributed by atoms with Crippen LogP contribution in [0, 0.1) is 0 Å². The van der Waals surface area contributed by atoms with E-state index in [1.54, 1.807) is 18.2 Å². The summed E-state index contributed by atoms with van der Waals surface area (Å²) in [5, 5.41) is 38.9. The highest BCUT2D eigenvalue weighted by atomic mass is 16.7. The van der Waals surface area contributed by atoms with E-state index in [0.29, 0.717) is 24.7 Å². The first-order chi connectivity index (χ1) is 12.5. The smallest absolute Gasteiger partial charge is 0.229 e. The number of aliphatic hydroxyl groups excluding tert-OH is 4. The summed E-state index contributed by atoms with van der Waals surface area (Å²) >= 11 is 0. The second-order valence-corrected chi connectivity index (χ2v) is 5.79. The van der Waals surface area contributed by atoms with Crippen molar-refractivity contribution in [3.8, 4) is 11.5 Å². The van der Waals surface area contributed by atoms with Crippen molar-refractivity contribution in [2.24, 2.45) is 0 Å². The largest absolute Gasteiger partial charge is 0.493 e. The van der Waals surface area contributed by atoms with Crippen LogP contribution in [0.4, 0.5) is 0 Å². The van der Waals surface area contributed by atoms with Crippen molar-refractivity contribution in [1.29, 1.82) is 0 Å². The molecule has 8 heteroatoms. The minimum Gasteiger partial charge on any atom is -0.493 e. The van der Waals surface area contributed by atoms with Gasteiger partial charge in [-0.05, 0) is 24.6 Å². The van der Waals surface area contributed by atoms with Crippen molar-refractivity contribution in [2.45, 2.75) is 37.6 Å². The molecule has 5 atom stereocenters. The van der Waals surface area contributed by atoms with Crippen molar-refractivity contribution >= 4 is 6.08 Å². The van der Waals surface area contributed by atoms with Gasteiger partial charge in [0.1, 0.15) is 24.4 Å². The molecule has 1 aliphatic heterocycles. The number of aliphatic hydroxyl groups is 4. The van der Waals surface area contributed by atoms with E-state index in [4.69, 9.17) is 18.9 Å². The van der Waals surface area contributed by atoms with Crippen LogP contribution in [0.2, 0.25) is 0 Å². The number of hydrogen-bond acceptors (Lipinski definition) is 8. The highest BCUT2D eigenvalue weighted by Gasteiger charge is 2.44. The Bertz CT molecular complexity index is 589. The third-order valence-corrected chi connectivity index (χ3v) is 4.01. The summed E-state index contributed by atoms with van der Waals surface area (Å²) in [5.41, 5.74) is 0.864. The highest BCUT2D eigenvalue weighted by Crippen LogP contribution is 2.32. The van der Waals surface area contributed by atoms with Gasteiger partial charge in [-0.2, -0.15) is 0 Å². The van der Waals surface area contributed by atoms with Crippen LogP contribution < -0.4 is 9.47 Å². The Hall–Kier alpha value is -1.68. The van der Waals surface area contributed by atoms with E-state index in [1.807, 2.05) is 19.1 Å². The number of hydrogen-bond donors (Lipinski definition) is 4. The number of ether oxygens (including phenoxy) is 4. The van der Waals surface area contributed by atoms with Crippen LogP contribution in [-0.2, 0) is 9.47 Å². The zero-order valence-electron chi connectivity index (χ0n) is 14.8. The summed E-state index contributed by atoms with van der Waals surface area (Å²) in [6.07, 6.45) is -2.98. The van der Waals surface area contributed by atoms with Crippen molar-refractivity contribution < 1.29 is 39.4 Å². The lowest BCUT2D eigenvalue weighted by molar-refractivity contribution is -0.277. The van der Waals surface area contributed by atoms with Crippen LogP contribution in [0.1, 0.15) is 12.5 Å². The molecule has 0 aliphatic carbocycles. The SMILES string of the molecule is CCOC/C=C/c1ccc(O[C@@H]2O[C@H](CO)[C@@H](O)[C@H](O)[C@H]2O)c(OC)c1. The van der Waals surface area contributed by atoms with Crippen molar-refractivity contribution in [3.05, 3.63) is 29.8 Å². The van der Waals surface area contributed by atoms with Gasteiger partial charge in [-0.1, -0.05) is 18.2 Å². The van der Waals surface area contributed by atoms with Crippen molar-refractivity contribution in [2.75, 3.05) is 26.9 Å². The van der Waals surface area contributed by atoms with Crippen LogP contribution in [0.3, 0.4) is 0 Å². The summed E-state index contributed by atoms with van der Waals surface area (Å²) < 4.78 is 21.5. The Balaban J connectivity index is 2.11. The molecule has 0 saturated carbocycles. The number of rotatable bonds is 8. The summed E-state index contributed by atoms with van der Waals surface area (Å²) in [6, 6.07) is 5.16. The molecule has 4 N–H and O–H groups in total. The molecule has 146 valence electrons. The topological polar surface area (TPSA) is 118 Å². The lowest BCUT2D eigenvalue weighted by Crippen LogP contribution is -2.60. The van der Waals surface area contributed by atoms with E-state index in [2.05, 4.69) is 0 Å². The maximum Gasteiger partial charge on any atom is 0.229 e. The number of methoxy groups -OCH3 is 1. The average Bonchev–Trinajstić information content (AvgIpc) is 2.66. The first-order valence-electron chi connectivity index (χ1n) is 8.41. The van der Waals surface area contributed by atoms with Gasteiger partial charge in [-0.15, -0.1) is 0 Å². The fourth-order valence-corrected chi connectivity index (χ4v) is 2.55. The molecule has 0 bridgehead atoms. The lowest BCUT2D eigenvalue weighted by atomic mass is 9.99. The predicted octanol–water partition coefficient (Wildman–Crippen LogP) is -0.0764. The molecule has 1 fully saturated rings. The summed E-state index contributed by atoms with van der Waals surface area (Å²) in [5.74, 6) is 0.694. The molecule has 1 aromatic rings. The fourth-order valence-electron chi connectivity index (χ4n) is 2.55. The number of benzene rings is 1. The molecule has 0 amide bonds. The minimum atomic E-state index is -1.50. The molecular weight excluding hydrogens is 344 g/mol. The Morgan fingerprint density at radius 2 is 1.88 bits per heavy atom. The van der Waals surface area contributed by atoms with E-state index in [9.17, 15) is 20.4 Å². The molecule has 0 radical (unpaired) electrons. The van der Waals surface area contributed by atoms with Gasteiger partial charge in [-0.3, -0.25) is 0 Å². The Morgan fingerprint density at radius 3 is 2.54 bits per heavy atom. The van der Waals surface area contributed by atoms with Gasteiger partial charge in [0, 0.05) is 6.61 Å². The maximum atomic E-state index is 10.1. The van der Waals surface area contributed by atoms with Gasteiger partial charge in [0.25, 0.3) is 0 Å². The van der Waals surface area contributed by atoms with Crippen molar-refractivity contribution in [1.82, 2.24) is 0 Å². The summed E-state index contributed by atoms with van der Waals surface area (Å²) in [4.78, 5) is 0. The van der Waals surface area contributed by atoms with Crippen molar-refractivity contribution in [3.63, 3.8) is 0 Å². The summed E-state index contributed by atoms with van der Waals surface area (Å²) in [6.45, 7) is 2.54. The van der Waals surface area contributed by atoms with E-state index in [-0.39, 0.29) is 0 Å². The normalized spacial score (nSPS) is 29.1. The van der Waals surface area contributed by atoms with Gasteiger partial charge in [-0.25, -0.2) is 0 Å². The Labute approximate surface area is 152 Å². The summed E-state index contributed by atoms with van der Waals surface area (Å²) in [7, 11) is 1.48. The minimum absolute atomic E-state index is 0.291. The van der Waals surface area contributed by atoms with E-state index in [1.165, 1.54) is 7.11 Å². The third-order valence-electron chi connectivity index (χ3n) is 4.01. The quantitative estimate of drug-likeness (QED) is 0.470. The van der Waals surface area contributed by atoms with Crippen LogP contribution in [0.5, 0.6) is 11.5 Å². The zero-order chi connectivity index (χ0) is 19.1. The van der Waals surface area contributed by atoms with Gasteiger partial charge < -0.3 is 39.4 Å². The molecule has 1 heterocycles. The van der Waals surface area contributed by atoms with Gasteiger partial charge >= 0.3 is 0 Å². The molecule has 1 aliphatic rings. The zero-order valence-corrected chi connectivity index (χ0v) is 14.8. The molecular formula is C18H26O8. The van der Waals surface area contributed by atoms with Crippen LogP contribution in [-0.4, -0.2) is 78.1 Å². The first kappa shape index (κ1) is 20.6. The monoisotopic (exact) mass is 370 g/mol. The van der Waals surface area contributed by atoms with E-state index in [0.717, 1.165) is 5.56 Å². The Morgan fingerprint density at radius 1 is 1.12 bits per heavy atom. The van der Waals surface area contributed by atoms with Gasteiger partial charge in [0.2, 0.25) is 6.29 Å². The first-order valence-corrected chi connectivity index (χ1v) is 8.41. The van der Waals surface area contributed by atoms with E-state index < -0.39 is 37.3 Å². The van der Waals surface area contributed by atoms with Gasteiger partial charge in [0.05, 0.1) is 20.3 Å². The average molecular weight is 370 g/mol. The molecule has 2 rings (SSSR count). The molecule has 26 heavy (non-hydrogen) atoms. The van der Waals surface area contributed by atoms with Crippen LogP contribution in [0.15, 0.2) is 24.3 Å². The lowest BCUT2D eigenvalue weighted by Gasteiger charge is -2.39. The molecule has 0 unspecified atom stereocenters. The van der Waals surface area contributed by atoms with Gasteiger partial charge in [0.15, 0.2) is 11.5 Å². The molecule has 0 aromatic heterocycles. The molecule has 0 spiro atoms. The van der Waals surface area contributed by atoms with E-state index >= 15 is 0 Å². The second-order valence-electron chi connectivity index (χ2n) is 5.79. The second kappa shape index (κ2) is 9.86. The highest BCUT2D eigenvalue weighted by molar-refractivity contribution is 5.56. The van der Waals surface area contributed by atoms with Crippen LogP contribution >= 0.6 is 0 Å². The third kappa shape index (κ3) is 4.94. The standard InChI is InChI=1S/C18H26O8/c1-3-24-8-4-5-11-6-7-12(13(9-11)23-2)25-18-17(22)16(21)15(20)14(10-19)26-18/h4-7,9,14-22H,3,8,10H2,1-2H3/b5-4+/t14-,15-,16+,17-,18-/m1/s1.